The van der Waals surface area contributed by atoms with Crippen LogP contribution in [0.5, 0.6) is 0 Å². The number of rotatable bonds is 7. The first kappa shape index (κ1) is 16.2. The van der Waals surface area contributed by atoms with Gasteiger partial charge in [-0.15, -0.1) is 0 Å². The van der Waals surface area contributed by atoms with Gasteiger partial charge < -0.3 is 9.73 Å². The van der Waals surface area contributed by atoms with Crippen LogP contribution in [0.3, 0.4) is 0 Å². The molecule has 110 valence electrons. The number of sulfonamides is 1. The predicted octanol–water partition coefficient (Wildman–Crippen LogP) is -0.336. The summed E-state index contributed by atoms with van der Waals surface area (Å²) in [5.74, 6) is 0.268. The molecule has 1 heterocycles. The monoisotopic (exact) mass is 310 g/mol. The molecule has 0 aromatic carbocycles. The molecule has 0 spiro atoms. The van der Waals surface area contributed by atoms with Crippen LogP contribution in [0, 0.1) is 0 Å². The Kier molecular flexibility index (Phi) is 5.13. The lowest BCUT2D eigenvalue weighted by Gasteiger charge is -2.14. The zero-order chi connectivity index (χ0) is 14.7. The van der Waals surface area contributed by atoms with E-state index >= 15 is 0 Å². The first-order valence-corrected chi connectivity index (χ1v) is 9.04. The van der Waals surface area contributed by atoms with Crippen molar-refractivity contribution in [3.8, 4) is 0 Å². The molecule has 0 amide bonds. The summed E-state index contributed by atoms with van der Waals surface area (Å²) in [6.07, 6.45) is 1.06. The smallest absolute Gasteiger partial charge is 0.276 e. The molecule has 19 heavy (non-hydrogen) atoms. The van der Waals surface area contributed by atoms with E-state index in [9.17, 15) is 16.8 Å². The van der Waals surface area contributed by atoms with Crippen LogP contribution in [0.15, 0.2) is 21.6 Å². The Bertz CT molecular complexity index is 618. The van der Waals surface area contributed by atoms with Gasteiger partial charge in [0.1, 0.15) is 15.6 Å². The van der Waals surface area contributed by atoms with Crippen LogP contribution < -0.4 is 5.32 Å². The molecular weight excluding hydrogens is 292 g/mol. The molecule has 7 nitrogen and oxygen atoms in total. The third-order valence-corrected chi connectivity index (χ3v) is 5.08. The molecule has 0 saturated carbocycles. The van der Waals surface area contributed by atoms with Gasteiger partial charge in [0.25, 0.3) is 10.0 Å². The molecule has 0 saturated heterocycles. The number of nitrogens with zero attached hydrogens (tertiary/aromatic N) is 1. The van der Waals surface area contributed by atoms with E-state index in [0.29, 0.717) is 12.3 Å². The zero-order valence-corrected chi connectivity index (χ0v) is 12.7. The summed E-state index contributed by atoms with van der Waals surface area (Å²) in [5.41, 5.74) is 0. The van der Waals surface area contributed by atoms with Crippen LogP contribution in [0.25, 0.3) is 0 Å². The maximum absolute atomic E-state index is 12.1. The molecule has 0 bridgehead atoms. The number of nitrogens with one attached hydrogen (secondary N) is 1. The van der Waals surface area contributed by atoms with E-state index in [1.54, 1.807) is 13.1 Å². The number of sulfone groups is 1. The number of furan rings is 1. The maximum Gasteiger partial charge on any atom is 0.276 e. The van der Waals surface area contributed by atoms with E-state index < -0.39 is 19.9 Å². The van der Waals surface area contributed by atoms with E-state index in [0.717, 1.165) is 10.6 Å². The Hall–Kier alpha value is -0.900. The first-order valence-electron chi connectivity index (χ1n) is 5.54. The highest BCUT2D eigenvalue weighted by Crippen LogP contribution is 2.17. The maximum atomic E-state index is 12.1. The van der Waals surface area contributed by atoms with E-state index in [-0.39, 0.29) is 17.4 Å². The van der Waals surface area contributed by atoms with Crippen molar-refractivity contribution < 1.29 is 21.3 Å². The predicted molar refractivity (Wildman–Crippen MR) is 71.0 cm³/mol. The van der Waals surface area contributed by atoms with Crippen LogP contribution in [0.1, 0.15) is 5.76 Å². The van der Waals surface area contributed by atoms with Crippen LogP contribution in [-0.4, -0.2) is 53.8 Å². The fourth-order valence-electron chi connectivity index (χ4n) is 1.33. The minimum atomic E-state index is -3.78. The average Bonchev–Trinajstić information content (AvgIpc) is 2.74. The van der Waals surface area contributed by atoms with Crippen molar-refractivity contribution in [3.05, 3.63) is 17.9 Å². The van der Waals surface area contributed by atoms with Crippen molar-refractivity contribution in [1.29, 1.82) is 0 Å². The molecule has 0 unspecified atom stereocenters. The van der Waals surface area contributed by atoms with Crippen molar-refractivity contribution in [2.45, 2.75) is 11.6 Å². The van der Waals surface area contributed by atoms with E-state index in [1.807, 2.05) is 0 Å². The number of hydrogen-bond donors (Lipinski definition) is 1. The minimum absolute atomic E-state index is 0.108. The summed E-state index contributed by atoms with van der Waals surface area (Å²) in [6.45, 7) is 0.311. The Labute approximate surface area is 113 Å². The molecule has 1 rings (SSSR count). The summed E-state index contributed by atoms with van der Waals surface area (Å²) in [6, 6.07) is 2.92. The summed E-state index contributed by atoms with van der Waals surface area (Å²) in [5, 5.41) is 2.66. The third-order valence-electron chi connectivity index (χ3n) is 2.43. The summed E-state index contributed by atoms with van der Waals surface area (Å²) in [7, 11) is -3.96. The van der Waals surface area contributed by atoms with Crippen molar-refractivity contribution in [2.24, 2.45) is 0 Å². The fourth-order valence-corrected chi connectivity index (χ4v) is 3.15. The van der Waals surface area contributed by atoms with Gasteiger partial charge in [0.05, 0.1) is 12.3 Å². The van der Waals surface area contributed by atoms with E-state index in [4.69, 9.17) is 4.42 Å². The molecule has 1 aromatic heterocycles. The highest BCUT2D eigenvalue weighted by Gasteiger charge is 2.25. The fraction of sp³-hybridized carbons (Fsp3) is 0.600. The molecule has 0 aliphatic heterocycles. The van der Waals surface area contributed by atoms with Crippen LogP contribution in [0.4, 0.5) is 0 Å². The van der Waals surface area contributed by atoms with Crippen molar-refractivity contribution in [3.63, 3.8) is 0 Å². The molecule has 1 N–H and O–H groups in total. The lowest BCUT2D eigenvalue weighted by Crippen LogP contribution is -2.31. The molecule has 1 aromatic rings. The molecular formula is C10H18N2O5S2. The second-order valence-corrected chi connectivity index (χ2v) is 8.44. The Morgan fingerprint density at radius 1 is 1.26 bits per heavy atom. The topological polar surface area (TPSA) is 96.7 Å². The Morgan fingerprint density at radius 2 is 1.89 bits per heavy atom. The van der Waals surface area contributed by atoms with Gasteiger partial charge in [-0.3, -0.25) is 0 Å². The van der Waals surface area contributed by atoms with Gasteiger partial charge in [-0.2, -0.15) is 4.31 Å². The highest BCUT2D eigenvalue weighted by atomic mass is 32.2. The van der Waals surface area contributed by atoms with Crippen LogP contribution in [-0.2, 0) is 26.4 Å². The van der Waals surface area contributed by atoms with Gasteiger partial charge in [0.15, 0.2) is 0 Å². The first-order chi connectivity index (χ1) is 8.66. The quantitative estimate of drug-likeness (QED) is 0.740. The summed E-state index contributed by atoms with van der Waals surface area (Å²) in [4.78, 5) is 0. The SMILES string of the molecule is CNCc1ccc(S(=O)(=O)N(C)CCS(C)(=O)=O)o1. The lowest BCUT2D eigenvalue weighted by atomic mass is 10.4. The second-order valence-electron chi connectivity index (χ2n) is 4.21. The molecule has 0 radical (unpaired) electrons. The molecule has 0 aliphatic rings. The van der Waals surface area contributed by atoms with Crippen molar-refractivity contribution in [2.75, 3.05) is 32.6 Å². The highest BCUT2D eigenvalue weighted by molar-refractivity contribution is 7.91. The normalized spacial score (nSPS) is 13.1. The third kappa shape index (κ3) is 4.60. The zero-order valence-electron chi connectivity index (χ0n) is 11.1. The average molecular weight is 310 g/mol. The number of hydrogen-bond acceptors (Lipinski definition) is 6. The Morgan fingerprint density at radius 3 is 2.42 bits per heavy atom. The van der Waals surface area contributed by atoms with Crippen LogP contribution >= 0.6 is 0 Å². The van der Waals surface area contributed by atoms with Crippen molar-refractivity contribution in [1.82, 2.24) is 9.62 Å². The molecule has 0 fully saturated rings. The Balaban J connectivity index is 2.84. The largest absolute Gasteiger partial charge is 0.447 e. The molecule has 0 atom stereocenters. The van der Waals surface area contributed by atoms with Gasteiger partial charge >= 0.3 is 0 Å². The van der Waals surface area contributed by atoms with Gasteiger partial charge in [0, 0.05) is 19.8 Å². The summed E-state index contributed by atoms with van der Waals surface area (Å²) >= 11 is 0. The second kappa shape index (κ2) is 6.04. The van der Waals surface area contributed by atoms with E-state index in [2.05, 4.69) is 5.32 Å². The standard InChI is InChI=1S/C10H18N2O5S2/c1-11-8-9-4-5-10(17-9)19(15,16)12(2)6-7-18(3,13)14/h4-5,11H,6-8H2,1-3H3. The molecule has 9 heteroatoms. The molecule has 0 aliphatic carbocycles. The van der Waals surface area contributed by atoms with Gasteiger partial charge in [-0.1, -0.05) is 0 Å². The van der Waals surface area contributed by atoms with Crippen LogP contribution in [0.2, 0.25) is 0 Å². The van der Waals surface area contributed by atoms with Gasteiger partial charge in [0.2, 0.25) is 5.09 Å². The lowest BCUT2D eigenvalue weighted by molar-refractivity contribution is 0.387. The van der Waals surface area contributed by atoms with Gasteiger partial charge in [-0.05, 0) is 19.2 Å². The minimum Gasteiger partial charge on any atom is -0.447 e. The van der Waals surface area contributed by atoms with Gasteiger partial charge in [-0.25, -0.2) is 16.8 Å². The van der Waals surface area contributed by atoms with E-state index in [1.165, 1.54) is 13.1 Å². The van der Waals surface area contributed by atoms with Crippen molar-refractivity contribution >= 4 is 19.9 Å². The summed E-state index contributed by atoms with van der Waals surface area (Å²) < 4.78 is 52.4.